The number of carbonyl (C=O) groups is 2. The lowest BCUT2D eigenvalue weighted by molar-refractivity contribution is -0.146. The Balaban J connectivity index is 1.49. The van der Waals surface area contributed by atoms with Crippen molar-refractivity contribution in [1.29, 1.82) is 0 Å². The maximum atomic E-state index is 12.7. The minimum Gasteiger partial charge on any atom is -0.455 e. The van der Waals surface area contributed by atoms with Gasteiger partial charge in [0.25, 0.3) is 5.91 Å². The van der Waals surface area contributed by atoms with Crippen LogP contribution in [0.1, 0.15) is 28.7 Å². The van der Waals surface area contributed by atoms with Crippen LogP contribution in [0, 0.1) is 0 Å². The fraction of sp³-hybridized carbons (Fsp3) is 0.300. The molecule has 1 aliphatic carbocycles. The van der Waals surface area contributed by atoms with Crippen LogP contribution < -0.4 is 5.32 Å². The Morgan fingerprint density at radius 2 is 1.81 bits per heavy atom. The van der Waals surface area contributed by atoms with Crippen LogP contribution in [0.3, 0.4) is 0 Å². The molecule has 3 rings (SSSR count). The van der Waals surface area contributed by atoms with E-state index in [0.29, 0.717) is 5.69 Å². The standard InChI is InChI=1S/C20H18F3NO3/c21-20(22,23)16-6-1-3-13(9-16)10-19(26)27-12-18(25)24-17-8-7-14-4-2-5-15(14)11-17/h1,3,6-9,11H,2,4-5,10,12H2,(H,24,25). The molecule has 0 radical (unpaired) electrons. The first-order valence-electron chi connectivity index (χ1n) is 8.55. The molecule has 1 amide bonds. The molecule has 0 unspecified atom stereocenters. The fourth-order valence-electron chi connectivity index (χ4n) is 3.07. The summed E-state index contributed by atoms with van der Waals surface area (Å²) in [5.41, 5.74) is 2.46. The third-order valence-corrected chi connectivity index (χ3v) is 4.35. The highest BCUT2D eigenvalue weighted by molar-refractivity contribution is 5.93. The fourth-order valence-corrected chi connectivity index (χ4v) is 3.07. The van der Waals surface area contributed by atoms with Crippen LogP contribution in [0.2, 0.25) is 0 Å². The Bertz CT molecular complexity index is 862. The number of esters is 1. The highest BCUT2D eigenvalue weighted by atomic mass is 19.4. The molecule has 7 heteroatoms. The monoisotopic (exact) mass is 377 g/mol. The largest absolute Gasteiger partial charge is 0.455 e. The van der Waals surface area contributed by atoms with Gasteiger partial charge in [0.1, 0.15) is 0 Å². The van der Waals surface area contributed by atoms with Gasteiger partial charge in [0.2, 0.25) is 0 Å². The summed E-state index contributed by atoms with van der Waals surface area (Å²) in [7, 11) is 0. The first kappa shape index (κ1) is 18.9. The van der Waals surface area contributed by atoms with Crippen molar-refractivity contribution in [2.45, 2.75) is 31.9 Å². The third kappa shape index (κ3) is 5.09. The van der Waals surface area contributed by atoms with Gasteiger partial charge in [-0.15, -0.1) is 0 Å². The van der Waals surface area contributed by atoms with Gasteiger partial charge >= 0.3 is 12.1 Å². The van der Waals surface area contributed by atoms with Crippen molar-refractivity contribution in [2.75, 3.05) is 11.9 Å². The van der Waals surface area contributed by atoms with E-state index in [1.807, 2.05) is 12.1 Å². The van der Waals surface area contributed by atoms with E-state index in [1.54, 1.807) is 6.07 Å². The minimum atomic E-state index is -4.48. The van der Waals surface area contributed by atoms with Crippen LogP contribution in [0.5, 0.6) is 0 Å². The molecule has 2 aromatic rings. The highest BCUT2D eigenvalue weighted by Crippen LogP contribution is 2.29. The number of hydrogen-bond acceptors (Lipinski definition) is 3. The molecule has 27 heavy (non-hydrogen) atoms. The number of carbonyl (C=O) groups excluding carboxylic acids is 2. The number of rotatable bonds is 5. The van der Waals surface area contributed by atoms with E-state index in [2.05, 4.69) is 5.32 Å². The maximum absolute atomic E-state index is 12.7. The summed E-state index contributed by atoms with van der Waals surface area (Å²) in [4.78, 5) is 23.7. The van der Waals surface area contributed by atoms with E-state index in [9.17, 15) is 22.8 Å². The molecule has 0 heterocycles. The second-order valence-electron chi connectivity index (χ2n) is 6.42. The Kier molecular flexibility index (Phi) is 5.48. The lowest BCUT2D eigenvalue weighted by Gasteiger charge is -2.10. The lowest BCUT2D eigenvalue weighted by atomic mass is 10.1. The zero-order chi connectivity index (χ0) is 19.4. The van der Waals surface area contributed by atoms with Gasteiger partial charge in [0.05, 0.1) is 12.0 Å². The zero-order valence-corrected chi connectivity index (χ0v) is 14.4. The number of aryl methyl sites for hydroxylation is 2. The molecule has 0 aromatic heterocycles. The van der Waals surface area contributed by atoms with Crippen molar-refractivity contribution in [1.82, 2.24) is 0 Å². The average Bonchev–Trinajstić information content (AvgIpc) is 3.07. The number of nitrogens with one attached hydrogen (secondary N) is 1. The molecular formula is C20H18F3NO3. The van der Waals surface area contributed by atoms with Crippen LogP contribution in [0.4, 0.5) is 18.9 Å². The number of ether oxygens (including phenoxy) is 1. The van der Waals surface area contributed by atoms with E-state index < -0.39 is 30.2 Å². The maximum Gasteiger partial charge on any atom is 0.416 e. The molecule has 1 N–H and O–H groups in total. The molecule has 0 saturated heterocycles. The Morgan fingerprint density at radius 3 is 2.59 bits per heavy atom. The SMILES string of the molecule is O=C(COC(=O)Cc1cccc(C(F)(F)F)c1)Nc1ccc2c(c1)CCC2. The number of halogens is 3. The Hall–Kier alpha value is -2.83. The summed E-state index contributed by atoms with van der Waals surface area (Å²) in [5, 5.41) is 2.65. The van der Waals surface area contributed by atoms with E-state index in [4.69, 9.17) is 4.74 Å². The zero-order valence-electron chi connectivity index (χ0n) is 14.4. The van der Waals surface area contributed by atoms with Crippen molar-refractivity contribution >= 4 is 17.6 Å². The molecule has 0 saturated carbocycles. The van der Waals surface area contributed by atoms with Crippen molar-refractivity contribution in [2.24, 2.45) is 0 Å². The molecule has 0 fully saturated rings. The van der Waals surface area contributed by atoms with Gasteiger partial charge in [-0.25, -0.2) is 0 Å². The van der Waals surface area contributed by atoms with Crippen molar-refractivity contribution in [3.8, 4) is 0 Å². The molecule has 0 bridgehead atoms. The molecule has 0 spiro atoms. The number of hydrogen-bond donors (Lipinski definition) is 1. The quantitative estimate of drug-likeness (QED) is 0.804. The van der Waals surface area contributed by atoms with E-state index in [0.717, 1.165) is 31.4 Å². The summed E-state index contributed by atoms with van der Waals surface area (Å²) in [6.45, 7) is -0.491. The van der Waals surface area contributed by atoms with Crippen molar-refractivity contribution < 1.29 is 27.5 Å². The molecule has 4 nitrogen and oxygen atoms in total. The van der Waals surface area contributed by atoms with Gasteiger partial charge in [-0.1, -0.05) is 24.3 Å². The molecular weight excluding hydrogens is 359 g/mol. The summed E-state index contributed by atoms with van der Waals surface area (Å²) in [6.07, 6.45) is -1.70. The van der Waals surface area contributed by atoms with Gasteiger partial charge in [-0.2, -0.15) is 13.2 Å². The van der Waals surface area contributed by atoms with Gasteiger partial charge < -0.3 is 10.1 Å². The van der Waals surface area contributed by atoms with E-state index in [-0.39, 0.29) is 12.0 Å². The molecule has 0 aliphatic heterocycles. The summed E-state index contributed by atoms with van der Waals surface area (Å²) >= 11 is 0. The van der Waals surface area contributed by atoms with Crippen LogP contribution in [-0.4, -0.2) is 18.5 Å². The third-order valence-electron chi connectivity index (χ3n) is 4.35. The topological polar surface area (TPSA) is 55.4 Å². The number of fused-ring (bicyclic) bond motifs is 1. The van der Waals surface area contributed by atoms with Crippen LogP contribution in [-0.2, 0) is 39.8 Å². The van der Waals surface area contributed by atoms with Gasteiger partial charge in [0.15, 0.2) is 6.61 Å². The molecule has 0 atom stereocenters. The minimum absolute atomic E-state index is 0.175. The molecule has 2 aromatic carbocycles. The predicted molar refractivity (Wildman–Crippen MR) is 93.2 cm³/mol. The van der Waals surface area contributed by atoms with Gasteiger partial charge in [-0.05, 0) is 54.2 Å². The first-order valence-corrected chi connectivity index (χ1v) is 8.55. The Labute approximate surface area is 154 Å². The average molecular weight is 377 g/mol. The van der Waals surface area contributed by atoms with E-state index >= 15 is 0 Å². The summed E-state index contributed by atoms with van der Waals surface area (Å²) in [5.74, 6) is -1.26. The van der Waals surface area contributed by atoms with Gasteiger partial charge in [-0.3, -0.25) is 9.59 Å². The van der Waals surface area contributed by atoms with Crippen molar-refractivity contribution in [3.63, 3.8) is 0 Å². The van der Waals surface area contributed by atoms with Crippen LogP contribution >= 0.6 is 0 Å². The number of anilines is 1. The van der Waals surface area contributed by atoms with E-state index in [1.165, 1.54) is 23.3 Å². The first-order chi connectivity index (χ1) is 12.8. The summed E-state index contributed by atoms with van der Waals surface area (Å²) < 4.78 is 42.9. The molecule has 142 valence electrons. The van der Waals surface area contributed by atoms with Crippen LogP contribution in [0.15, 0.2) is 42.5 Å². The predicted octanol–water partition coefficient (Wildman–Crippen LogP) is 3.92. The lowest BCUT2D eigenvalue weighted by Crippen LogP contribution is -2.21. The summed E-state index contributed by atoms with van der Waals surface area (Å²) in [6, 6.07) is 10.1. The van der Waals surface area contributed by atoms with Crippen molar-refractivity contribution in [3.05, 3.63) is 64.7 Å². The molecule has 1 aliphatic rings. The normalized spacial score (nSPS) is 13.1. The number of amides is 1. The smallest absolute Gasteiger partial charge is 0.416 e. The number of benzene rings is 2. The second-order valence-corrected chi connectivity index (χ2v) is 6.42. The van der Waals surface area contributed by atoms with Gasteiger partial charge in [0, 0.05) is 5.69 Å². The Morgan fingerprint density at radius 1 is 1.04 bits per heavy atom. The number of alkyl halides is 3. The van der Waals surface area contributed by atoms with Crippen LogP contribution in [0.25, 0.3) is 0 Å². The highest BCUT2D eigenvalue weighted by Gasteiger charge is 2.30. The second kappa shape index (κ2) is 7.82.